The van der Waals surface area contributed by atoms with Crippen molar-refractivity contribution in [3.8, 4) is 6.07 Å². The second-order valence-corrected chi connectivity index (χ2v) is 5.16. The zero-order valence-corrected chi connectivity index (χ0v) is 11.7. The molecule has 0 unspecified atom stereocenters. The van der Waals surface area contributed by atoms with Gasteiger partial charge in [-0.1, -0.05) is 0 Å². The molecule has 112 valence electrons. The Hall–Kier alpha value is -2.62. The third-order valence-electron chi connectivity index (χ3n) is 2.76. The minimum absolute atomic E-state index is 0.0551. The lowest BCUT2D eigenvalue weighted by Gasteiger charge is -2.25. The summed E-state index contributed by atoms with van der Waals surface area (Å²) in [6.45, 7) is 3.34. The minimum atomic E-state index is -0.955. The molecule has 0 saturated carbocycles. The Morgan fingerprint density at radius 2 is 2.10 bits per heavy atom. The zero-order chi connectivity index (χ0) is 16.0. The third kappa shape index (κ3) is 5.48. The number of halogens is 1. The number of carboxylic acids is 1. The molecule has 0 aliphatic carbocycles. The summed E-state index contributed by atoms with van der Waals surface area (Å²) in [5, 5.41) is 22.1. The van der Waals surface area contributed by atoms with Gasteiger partial charge < -0.3 is 15.7 Å². The van der Waals surface area contributed by atoms with E-state index < -0.39 is 23.4 Å². The number of carboxylic acid groups (broad SMARTS) is 1. The van der Waals surface area contributed by atoms with Crippen molar-refractivity contribution in [1.82, 2.24) is 5.32 Å². The fourth-order valence-corrected chi connectivity index (χ4v) is 1.63. The number of nitrogens with one attached hydrogen (secondary N) is 2. The maximum absolute atomic E-state index is 13.6. The SMILES string of the molecule is CC(C)(CCC(=O)O)NC(=O)Nc1ccc(C#N)cc1F. The number of rotatable bonds is 5. The monoisotopic (exact) mass is 293 g/mol. The van der Waals surface area contributed by atoms with Crippen molar-refractivity contribution < 1.29 is 19.1 Å². The van der Waals surface area contributed by atoms with Crippen LogP contribution in [-0.4, -0.2) is 22.6 Å². The lowest BCUT2D eigenvalue weighted by molar-refractivity contribution is -0.137. The average molecular weight is 293 g/mol. The zero-order valence-electron chi connectivity index (χ0n) is 11.7. The minimum Gasteiger partial charge on any atom is -0.481 e. The first-order valence-electron chi connectivity index (χ1n) is 6.24. The molecule has 0 atom stereocenters. The van der Waals surface area contributed by atoms with Crippen molar-refractivity contribution >= 4 is 17.7 Å². The standard InChI is InChI=1S/C14H16FN3O3/c1-14(2,6-5-12(19)20)18-13(21)17-11-4-3-9(8-16)7-10(11)15/h3-4,7H,5-6H2,1-2H3,(H,19,20)(H2,17,18,21). The van der Waals surface area contributed by atoms with Crippen LogP contribution in [0.4, 0.5) is 14.9 Å². The number of carbonyl (C=O) groups excluding carboxylic acids is 1. The second kappa shape index (κ2) is 6.70. The molecule has 21 heavy (non-hydrogen) atoms. The van der Waals surface area contributed by atoms with Gasteiger partial charge in [0.1, 0.15) is 5.82 Å². The first-order chi connectivity index (χ1) is 9.73. The molecular weight excluding hydrogens is 277 g/mol. The molecule has 1 aromatic carbocycles. The van der Waals surface area contributed by atoms with Crippen molar-refractivity contribution in [2.75, 3.05) is 5.32 Å². The summed E-state index contributed by atoms with van der Waals surface area (Å²) >= 11 is 0. The first-order valence-corrected chi connectivity index (χ1v) is 6.24. The van der Waals surface area contributed by atoms with Gasteiger partial charge in [-0.3, -0.25) is 4.79 Å². The van der Waals surface area contributed by atoms with Crippen molar-refractivity contribution in [2.45, 2.75) is 32.2 Å². The number of nitriles is 1. The molecule has 2 amide bonds. The Morgan fingerprint density at radius 1 is 1.43 bits per heavy atom. The van der Waals surface area contributed by atoms with E-state index >= 15 is 0 Å². The number of hydrogen-bond acceptors (Lipinski definition) is 3. The molecule has 0 heterocycles. The summed E-state index contributed by atoms with van der Waals surface area (Å²) in [5.41, 5.74) is -0.647. The molecule has 1 aromatic rings. The van der Waals surface area contributed by atoms with Gasteiger partial charge in [0.05, 0.1) is 17.3 Å². The maximum atomic E-state index is 13.6. The van der Waals surface area contributed by atoms with Gasteiger partial charge in [-0.25, -0.2) is 9.18 Å². The fraction of sp³-hybridized carbons (Fsp3) is 0.357. The number of aliphatic carboxylic acids is 1. The van der Waals surface area contributed by atoms with Crippen LogP contribution in [0, 0.1) is 17.1 Å². The van der Waals surface area contributed by atoms with Gasteiger partial charge in [0.15, 0.2) is 0 Å². The fourth-order valence-electron chi connectivity index (χ4n) is 1.63. The van der Waals surface area contributed by atoms with Crippen molar-refractivity contribution in [3.63, 3.8) is 0 Å². The molecule has 0 aliphatic rings. The highest BCUT2D eigenvalue weighted by atomic mass is 19.1. The van der Waals surface area contributed by atoms with Crippen LogP contribution >= 0.6 is 0 Å². The molecule has 6 nitrogen and oxygen atoms in total. The predicted octanol–water partition coefficient (Wildman–Crippen LogP) is 2.46. The molecule has 0 radical (unpaired) electrons. The Bertz CT molecular complexity index is 594. The Balaban J connectivity index is 2.65. The van der Waals surface area contributed by atoms with Gasteiger partial charge in [0.25, 0.3) is 0 Å². The van der Waals surface area contributed by atoms with Gasteiger partial charge in [-0.2, -0.15) is 5.26 Å². The van der Waals surface area contributed by atoms with Crippen LogP contribution in [0.2, 0.25) is 0 Å². The van der Waals surface area contributed by atoms with E-state index in [9.17, 15) is 14.0 Å². The van der Waals surface area contributed by atoms with Gasteiger partial charge in [-0.15, -0.1) is 0 Å². The molecule has 0 fully saturated rings. The lowest BCUT2D eigenvalue weighted by Crippen LogP contribution is -2.45. The van der Waals surface area contributed by atoms with E-state index in [1.54, 1.807) is 19.9 Å². The van der Waals surface area contributed by atoms with E-state index in [1.165, 1.54) is 12.1 Å². The number of benzene rings is 1. The molecule has 0 spiro atoms. The Morgan fingerprint density at radius 3 is 2.62 bits per heavy atom. The predicted molar refractivity (Wildman–Crippen MR) is 74.2 cm³/mol. The van der Waals surface area contributed by atoms with Crippen molar-refractivity contribution in [3.05, 3.63) is 29.6 Å². The van der Waals surface area contributed by atoms with E-state index in [0.717, 1.165) is 6.07 Å². The molecule has 1 rings (SSSR count). The summed E-state index contributed by atoms with van der Waals surface area (Å²) in [5.74, 6) is -1.67. The molecule has 0 aromatic heterocycles. The van der Waals surface area contributed by atoms with Crippen LogP contribution in [0.5, 0.6) is 0 Å². The number of carbonyl (C=O) groups is 2. The smallest absolute Gasteiger partial charge is 0.319 e. The molecular formula is C14H16FN3O3. The third-order valence-corrected chi connectivity index (χ3v) is 2.76. The highest BCUT2D eigenvalue weighted by Gasteiger charge is 2.22. The average Bonchev–Trinajstić information content (AvgIpc) is 2.38. The summed E-state index contributed by atoms with van der Waals surface area (Å²) in [4.78, 5) is 22.3. The summed E-state index contributed by atoms with van der Waals surface area (Å²) in [6, 6.07) is 4.84. The molecule has 0 aliphatic heterocycles. The van der Waals surface area contributed by atoms with Crippen molar-refractivity contribution in [2.24, 2.45) is 0 Å². The summed E-state index contributed by atoms with van der Waals surface area (Å²) < 4.78 is 13.6. The number of anilines is 1. The van der Waals surface area contributed by atoms with E-state index in [0.29, 0.717) is 0 Å². The summed E-state index contributed by atoms with van der Waals surface area (Å²) in [6.07, 6.45) is 0.157. The van der Waals surface area contributed by atoms with E-state index in [2.05, 4.69) is 10.6 Å². The van der Waals surface area contributed by atoms with Crippen LogP contribution in [0.1, 0.15) is 32.3 Å². The lowest BCUT2D eigenvalue weighted by atomic mass is 9.99. The number of amides is 2. The van der Waals surface area contributed by atoms with Crippen molar-refractivity contribution in [1.29, 1.82) is 5.26 Å². The largest absolute Gasteiger partial charge is 0.481 e. The molecule has 0 bridgehead atoms. The van der Waals surface area contributed by atoms with Crippen LogP contribution < -0.4 is 10.6 Å². The maximum Gasteiger partial charge on any atom is 0.319 e. The van der Waals surface area contributed by atoms with Crippen LogP contribution in [0.25, 0.3) is 0 Å². The normalized spacial score (nSPS) is 10.6. The van der Waals surface area contributed by atoms with E-state index in [1.807, 2.05) is 0 Å². The Kier molecular flexibility index (Phi) is 5.24. The molecule has 7 heteroatoms. The van der Waals surface area contributed by atoms with Gasteiger partial charge in [0.2, 0.25) is 0 Å². The van der Waals surface area contributed by atoms with E-state index in [-0.39, 0.29) is 24.1 Å². The first kappa shape index (κ1) is 16.4. The van der Waals surface area contributed by atoms with Crippen LogP contribution in [0.3, 0.4) is 0 Å². The van der Waals surface area contributed by atoms with Gasteiger partial charge >= 0.3 is 12.0 Å². The van der Waals surface area contributed by atoms with Gasteiger partial charge in [-0.05, 0) is 38.5 Å². The highest BCUT2D eigenvalue weighted by Crippen LogP contribution is 2.16. The topological polar surface area (TPSA) is 102 Å². The van der Waals surface area contributed by atoms with E-state index in [4.69, 9.17) is 10.4 Å². The van der Waals surface area contributed by atoms with Crippen LogP contribution in [-0.2, 0) is 4.79 Å². The molecule has 3 N–H and O–H groups in total. The number of hydrogen-bond donors (Lipinski definition) is 3. The quantitative estimate of drug-likeness (QED) is 0.776. The highest BCUT2D eigenvalue weighted by molar-refractivity contribution is 5.90. The van der Waals surface area contributed by atoms with Crippen LogP contribution in [0.15, 0.2) is 18.2 Å². The Labute approximate surface area is 121 Å². The number of nitrogens with zero attached hydrogens (tertiary/aromatic N) is 1. The summed E-state index contributed by atoms with van der Waals surface area (Å²) in [7, 11) is 0. The van der Waals surface area contributed by atoms with Gasteiger partial charge in [0, 0.05) is 12.0 Å². The second-order valence-electron chi connectivity index (χ2n) is 5.16. The molecule has 0 saturated heterocycles. The number of urea groups is 1.